The molecule has 1 atom stereocenters. The minimum Gasteiger partial charge on any atom is -0.396 e. The van der Waals surface area contributed by atoms with Gasteiger partial charge >= 0.3 is 0 Å². The molecule has 3 nitrogen and oxygen atoms in total. The van der Waals surface area contributed by atoms with E-state index < -0.39 is 0 Å². The van der Waals surface area contributed by atoms with Gasteiger partial charge in [-0.25, -0.2) is 0 Å². The predicted molar refractivity (Wildman–Crippen MR) is 77.9 cm³/mol. The molecule has 1 amide bonds. The minimum atomic E-state index is -0.290. The van der Waals surface area contributed by atoms with Crippen LogP contribution in [0.1, 0.15) is 25.0 Å². The summed E-state index contributed by atoms with van der Waals surface area (Å²) in [6.45, 7) is 6.63. The predicted octanol–water partition coefficient (Wildman–Crippen LogP) is 2.26. The average Bonchev–Trinajstić information content (AvgIpc) is 2.37. The Hall–Kier alpha value is -1.35. The van der Waals surface area contributed by atoms with Gasteiger partial charge in [0.05, 0.1) is 12.5 Å². The highest BCUT2D eigenvalue weighted by atomic mass is 16.3. The number of carbonyl (C=O) groups excluding carboxylic acids is 1. The smallest absolute Gasteiger partial charge is 0.228 e. The van der Waals surface area contributed by atoms with Crippen molar-refractivity contribution >= 4 is 5.91 Å². The van der Waals surface area contributed by atoms with Gasteiger partial charge in [0.25, 0.3) is 0 Å². The molecule has 3 heteroatoms. The van der Waals surface area contributed by atoms with E-state index >= 15 is 0 Å². The maximum absolute atomic E-state index is 12.2. The van der Waals surface area contributed by atoms with Gasteiger partial charge < -0.3 is 10.0 Å². The lowest BCUT2D eigenvalue weighted by molar-refractivity contribution is -0.137. The molecule has 0 aromatic heterocycles. The highest BCUT2D eigenvalue weighted by molar-refractivity contribution is 5.78. The molecule has 0 aliphatic carbocycles. The van der Waals surface area contributed by atoms with Gasteiger partial charge in [-0.1, -0.05) is 38.1 Å². The number of aliphatic hydroxyl groups excluding tert-OH is 1. The average molecular weight is 263 g/mol. The van der Waals surface area contributed by atoms with Crippen molar-refractivity contribution < 1.29 is 9.90 Å². The summed E-state index contributed by atoms with van der Waals surface area (Å²) in [4.78, 5) is 13.9. The monoisotopic (exact) mass is 263 g/mol. The molecule has 1 aromatic carbocycles. The highest BCUT2D eigenvalue weighted by Crippen LogP contribution is 2.14. The number of hydrogen-bond donors (Lipinski definition) is 1. The van der Waals surface area contributed by atoms with Crippen molar-refractivity contribution in [3.8, 4) is 0 Å². The van der Waals surface area contributed by atoms with Gasteiger partial charge in [-0.15, -0.1) is 0 Å². The summed E-state index contributed by atoms with van der Waals surface area (Å²) in [7, 11) is 1.81. The van der Waals surface area contributed by atoms with E-state index in [-0.39, 0.29) is 24.3 Å². The molecule has 0 aliphatic rings. The SMILES string of the molecule is Cc1ccccc1CCN(C)C(=O)C(CO)C(C)C. The second kappa shape index (κ2) is 7.29. The van der Waals surface area contributed by atoms with E-state index in [0.717, 1.165) is 6.42 Å². The molecule has 1 N–H and O–H groups in total. The zero-order valence-electron chi connectivity index (χ0n) is 12.4. The number of amides is 1. The van der Waals surface area contributed by atoms with Crippen molar-refractivity contribution in [1.82, 2.24) is 4.90 Å². The normalized spacial score (nSPS) is 12.5. The second-order valence-corrected chi connectivity index (χ2v) is 5.47. The van der Waals surface area contributed by atoms with Crippen LogP contribution in [0.4, 0.5) is 0 Å². The van der Waals surface area contributed by atoms with Gasteiger partial charge in [0.15, 0.2) is 0 Å². The molecular weight excluding hydrogens is 238 g/mol. The molecule has 1 rings (SSSR count). The third-order valence-corrected chi connectivity index (χ3v) is 3.67. The molecule has 0 aliphatic heterocycles. The lowest BCUT2D eigenvalue weighted by atomic mass is 9.95. The molecule has 1 unspecified atom stereocenters. The summed E-state index contributed by atoms with van der Waals surface area (Å²) in [5.41, 5.74) is 2.53. The van der Waals surface area contributed by atoms with Crippen molar-refractivity contribution in [2.45, 2.75) is 27.2 Å². The van der Waals surface area contributed by atoms with Crippen LogP contribution >= 0.6 is 0 Å². The highest BCUT2D eigenvalue weighted by Gasteiger charge is 2.24. The van der Waals surface area contributed by atoms with Crippen molar-refractivity contribution in [3.63, 3.8) is 0 Å². The Labute approximate surface area is 116 Å². The quantitative estimate of drug-likeness (QED) is 0.855. The van der Waals surface area contributed by atoms with Crippen LogP contribution < -0.4 is 0 Å². The molecule has 0 saturated heterocycles. The first kappa shape index (κ1) is 15.7. The number of benzene rings is 1. The van der Waals surface area contributed by atoms with Gasteiger partial charge in [-0.3, -0.25) is 4.79 Å². The molecule has 0 fully saturated rings. The fourth-order valence-corrected chi connectivity index (χ4v) is 2.15. The Morgan fingerprint density at radius 2 is 1.95 bits per heavy atom. The first-order chi connectivity index (χ1) is 8.97. The van der Waals surface area contributed by atoms with Crippen LogP contribution in [0, 0.1) is 18.8 Å². The van der Waals surface area contributed by atoms with Crippen molar-refractivity contribution in [2.75, 3.05) is 20.2 Å². The maximum atomic E-state index is 12.2. The number of likely N-dealkylation sites (N-methyl/N-ethyl adjacent to an activating group) is 1. The second-order valence-electron chi connectivity index (χ2n) is 5.47. The lowest BCUT2D eigenvalue weighted by Gasteiger charge is -2.25. The van der Waals surface area contributed by atoms with Crippen molar-refractivity contribution in [1.29, 1.82) is 0 Å². The summed E-state index contributed by atoms with van der Waals surface area (Å²) in [5.74, 6) is -0.0913. The van der Waals surface area contributed by atoms with E-state index in [2.05, 4.69) is 19.1 Å². The lowest BCUT2D eigenvalue weighted by Crippen LogP contribution is -2.38. The standard InChI is InChI=1S/C16H25NO2/c1-12(2)15(11-18)16(19)17(4)10-9-14-8-6-5-7-13(14)3/h5-8,12,15,18H,9-11H2,1-4H3. The van der Waals surface area contributed by atoms with Crippen molar-refractivity contribution in [3.05, 3.63) is 35.4 Å². The summed E-state index contributed by atoms with van der Waals surface area (Å²) in [6, 6.07) is 8.23. The number of aliphatic hydroxyl groups is 1. The van der Waals surface area contributed by atoms with E-state index in [9.17, 15) is 9.90 Å². The molecule has 0 spiro atoms. The van der Waals surface area contributed by atoms with Crippen LogP contribution in [0.3, 0.4) is 0 Å². The van der Waals surface area contributed by atoms with Crippen LogP contribution in [0.15, 0.2) is 24.3 Å². The summed E-state index contributed by atoms with van der Waals surface area (Å²) in [5, 5.41) is 9.30. The third kappa shape index (κ3) is 4.35. The Bertz CT molecular complexity index is 415. The molecule has 19 heavy (non-hydrogen) atoms. The Morgan fingerprint density at radius 1 is 1.32 bits per heavy atom. The van der Waals surface area contributed by atoms with Gasteiger partial charge in [-0.2, -0.15) is 0 Å². The Balaban J connectivity index is 2.58. The molecule has 0 saturated carbocycles. The van der Waals surface area contributed by atoms with Crippen LogP contribution in [0.2, 0.25) is 0 Å². The van der Waals surface area contributed by atoms with Crippen LogP contribution in [0.5, 0.6) is 0 Å². The first-order valence-electron chi connectivity index (χ1n) is 6.87. The molecule has 1 aromatic rings. The largest absolute Gasteiger partial charge is 0.396 e. The first-order valence-corrected chi connectivity index (χ1v) is 6.87. The molecular formula is C16H25NO2. The van der Waals surface area contributed by atoms with Crippen LogP contribution in [-0.4, -0.2) is 36.1 Å². The topological polar surface area (TPSA) is 40.5 Å². The van der Waals surface area contributed by atoms with E-state index in [1.165, 1.54) is 11.1 Å². The number of aryl methyl sites for hydroxylation is 1. The molecule has 106 valence electrons. The summed E-state index contributed by atoms with van der Waals surface area (Å²) >= 11 is 0. The number of hydrogen-bond acceptors (Lipinski definition) is 2. The summed E-state index contributed by atoms with van der Waals surface area (Å²) < 4.78 is 0. The molecule has 0 radical (unpaired) electrons. The summed E-state index contributed by atoms with van der Waals surface area (Å²) in [6.07, 6.45) is 0.852. The van der Waals surface area contributed by atoms with Gasteiger partial charge in [-0.05, 0) is 30.4 Å². The zero-order valence-corrected chi connectivity index (χ0v) is 12.4. The van der Waals surface area contributed by atoms with Gasteiger partial charge in [0, 0.05) is 13.6 Å². The Kier molecular flexibility index (Phi) is 6.03. The van der Waals surface area contributed by atoms with Crippen LogP contribution in [0.25, 0.3) is 0 Å². The van der Waals surface area contributed by atoms with Crippen molar-refractivity contribution in [2.24, 2.45) is 11.8 Å². The van der Waals surface area contributed by atoms with Gasteiger partial charge in [0.1, 0.15) is 0 Å². The molecule has 0 bridgehead atoms. The third-order valence-electron chi connectivity index (χ3n) is 3.67. The van der Waals surface area contributed by atoms with E-state index in [0.29, 0.717) is 6.54 Å². The van der Waals surface area contributed by atoms with E-state index in [1.807, 2.05) is 33.0 Å². The van der Waals surface area contributed by atoms with Crippen LogP contribution in [-0.2, 0) is 11.2 Å². The van der Waals surface area contributed by atoms with E-state index in [1.54, 1.807) is 4.90 Å². The maximum Gasteiger partial charge on any atom is 0.228 e. The van der Waals surface area contributed by atoms with Gasteiger partial charge in [0.2, 0.25) is 5.91 Å². The number of nitrogens with zero attached hydrogens (tertiary/aromatic N) is 1. The molecule has 0 heterocycles. The fraction of sp³-hybridized carbons (Fsp3) is 0.562. The number of carbonyl (C=O) groups is 1. The number of rotatable bonds is 6. The minimum absolute atomic E-state index is 0.0334. The zero-order chi connectivity index (χ0) is 14.4. The van der Waals surface area contributed by atoms with E-state index in [4.69, 9.17) is 0 Å². The fourth-order valence-electron chi connectivity index (χ4n) is 2.15. The Morgan fingerprint density at radius 3 is 2.47 bits per heavy atom.